The zero-order valence-corrected chi connectivity index (χ0v) is 13.8. The molecule has 0 saturated carbocycles. The Bertz CT molecular complexity index is 947. The summed E-state index contributed by atoms with van der Waals surface area (Å²) in [5.41, 5.74) is 3.54. The Labute approximate surface area is 144 Å². The van der Waals surface area contributed by atoms with Gasteiger partial charge in [-0.3, -0.25) is 4.79 Å². The number of nitrogens with one attached hydrogen (secondary N) is 1. The van der Waals surface area contributed by atoms with E-state index in [0.717, 1.165) is 36.1 Å². The SMILES string of the molecule is Cc1ccc(NC(=O)c2nn(-c3ccccc3F)c3c2CCC3)nc1. The minimum atomic E-state index is -0.355. The summed E-state index contributed by atoms with van der Waals surface area (Å²) < 4.78 is 15.7. The highest BCUT2D eigenvalue weighted by molar-refractivity contribution is 6.03. The molecule has 1 amide bonds. The van der Waals surface area contributed by atoms with Crippen molar-refractivity contribution in [3.05, 3.63) is 70.9 Å². The minimum Gasteiger partial charge on any atom is -0.305 e. The van der Waals surface area contributed by atoms with Crippen molar-refractivity contribution in [1.82, 2.24) is 14.8 Å². The van der Waals surface area contributed by atoms with Crippen molar-refractivity contribution in [2.24, 2.45) is 0 Å². The smallest absolute Gasteiger partial charge is 0.277 e. The summed E-state index contributed by atoms with van der Waals surface area (Å²) in [6, 6.07) is 10.1. The van der Waals surface area contributed by atoms with Crippen LogP contribution in [0.5, 0.6) is 0 Å². The Morgan fingerprint density at radius 2 is 2.04 bits per heavy atom. The molecule has 3 aromatic rings. The van der Waals surface area contributed by atoms with Gasteiger partial charge in [0.2, 0.25) is 0 Å². The molecule has 0 saturated heterocycles. The van der Waals surface area contributed by atoms with Crippen molar-refractivity contribution in [2.45, 2.75) is 26.2 Å². The van der Waals surface area contributed by atoms with Gasteiger partial charge >= 0.3 is 0 Å². The van der Waals surface area contributed by atoms with Gasteiger partial charge in [-0.15, -0.1) is 0 Å². The number of pyridine rings is 1. The highest BCUT2D eigenvalue weighted by Crippen LogP contribution is 2.29. The molecule has 2 aromatic heterocycles. The molecule has 0 bridgehead atoms. The van der Waals surface area contributed by atoms with Gasteiger partial charge in [-0.2, -0.15) is 5.10 Å². The Balaban J connectivity index is 1.71. The molecule has 0 spiro atoms. The lowest BCUT2D eigenvalue weighted by Crippen LogP contribution is -2.15. The van der Waals surface area contributed by atoms with E-state index in [1.807, 2.05) is 13.0 Å². The Morgan fingerprint density at radius 3 is 2.80 bits per heavy atom. The summed E-state index contributed by atoms with van der Waals surface area (Å²) in [4.78, 5) is 16.9. The highest BCUT2D eigenvalue weighted by Gasteiger charge is 2.27. The summed E-state index contributed by atoms with van der Waals surface area (Å²) in [6.07, 6.45) is 4.18. The van der Waals surface area contributed by atoms with Crippen LogP contribution in [0.3, 0.4) is 0 Å². The average molecular weight is 336 g/mol. The average Bonchev–Trinajstić information content (AvgIpc) is 3.20. The number of hydrogen-bond donors (Lipinski definition) is 1. The summed E-state index contributed by atoms with van der Waals surface area (Å²) in [6.45, 7) is 1.93. The van der Waals surface area contributed by atoms with E-state index < -0.39 is 0 Å². The molecule has 2 heterocycles. The lowest BCUT2D eigenvalue weighted by Gasteiger charge is -2.06. The predicted octanol–water partition coefficient (Wildman–Crippen LogP) is 3.46. The number of rotatable bonds is 3. The van der Waals surface area contributed by atoms with Crippen molar-refractivity contribution in [3.63, 3.8) is 0 Å². The standard InChI is InChI=1S/C19H17FN4O/c1-12-9-10-17(21-11-12)22-19(25)18-13-5-4-8-15(13)24(23-18)16-7-3-2-6-14(16)20/h2-3,6-7,9-11H,4-5,8H2,1H3,(H,21,22,25). The highest BCUT2D eigenvalue weighted by atomic mass is 19.1. The van der Waals surface area contributed by atoms with Crippen molar-refractivity contribution in [3.8, 4) is 5.69 Å². The number of amides is 1. The van der Waals surface area contributed by atoms with Crippen LogP contribution in [-0.4, -0.2) is 20.7 Å². The molecule has 0 atom stereocenters. The van der Waals surface area contributed by atoms with Crippen LogP contribution in [-0.2, 0) is 12.8 Å². The Kier molecular flexibility index (Phi) is 3.80. The minimum absolute atomic E-state index is 0.315. The van der Waals surface area contributed by atoms with Gasteiger partial charge in [-0.25, -0.2) is 14.1 Å². The molecule has 0 fully saturated rings. The normalized spacial score (nSPS) is 12.9. The molecule has 0 unspecified atom stereocenters. The molecule has 5 nitrogen and oxygen atoms in total. The van der Waals surface area contributed by atoms with Crippen molar-refractivity contribution in [2.75, 3.05) is 5.32 Å². The predicted molar refractivity (Wildman–Crippen MR) is 92.5 cm³/mol. The second-order valence-electron chi connectivity index (χ2n) is 6.17. The van der Waals surface area contributed by atoms with Crippen LogP contribution in [0.25, 0.3) is 5.69 Å². The fourth-order valence-electron chi connectivity index (χ4n) is 3.16. The fraction of sp³-hybridized carbons (Fsp3) is 0.211. The van der Waals surface area contributed by atoms with Gasteiger partial charge in [0, 0.05) is 17.5 Å². The number of nitrogens with zero attached hydrogens (tertiary/aromatic N) is 3. The third-order valence-electron chi connectivity index (χ3n) is 4.38. The zero-order valence-electron chi connectivity index (χ0n) is 13.8. The molecule has 4 rings (SSSR count). The lowest BCUT2D eigenvalue weighted by molar-refractivity contribution is 0.102. The van der Waals surface area contributed by atoms with E-state index in [9.17, 15) is 9.18 Å². The van der Waals surface area contributed by atoms with E-state index in [1.165, 1.54) is 6.07 Å². The number of carbonyl (C=O) groups excluding carboxylic acids is 1. The third-order valence-corrected chi connectivity index (χ3v) is 4.38. The Hall–Kier alpha value is -3.02. The van der Waals surface area contributed by atoms with Gasteiger partial charge in [0.1, 0.15) is 17.3 Å². The van der Waals surface area contributed by atoms with Crippen molar-refractivity contribution >= 4 is 11.7 Å². The number of anilines is 1. The molecular weight excluding hydrogens is 319 g/mol. The maximum atomic E-state index is 14.2. The van der Waals surface area contributed by atoms with Gasteiger partial charge in [0.05, 0.1) is 0 Å². The maximum absolute atomic E-state index is 14.2. The van der Waals surface area contributed by atoms with Crippen molar-refractivity contribution in [1.29, 1.82) is 0 Å². The molecule has 1 N–H and O–H groups in total. The molecule has 1 aliphatic carbocycles. The van der Waals surface area contributed by atoms with E-state index in [1.54, 1.807) is 35.1 Å². The van der Waals surface area contributed by atoms with Crippen molar-refractivity contribution < 1.29 is 9.18 Å². The summed E-state index contributed by atoms with van der Waals surface area (Å²) >= 11 is 0. The Morgan fingerprint density at radius 1 is 1.20 bits per heavy atom. The van der Waals surface area contributed by atoms with Crippen LogP contribution in [0.15, 0.2) is 42.6 Å². The molecule has 6 heteroatoms. The van der Waals surface area contributed by atoms with Crippen LogP contribution in [0.4, 0.5) is 10.2 Å². The first-order valence-electron chi connectivity index (χ1n) is 8.23. The third kappa shape index (κ3) is 2.80. The van der Waals surface area contributed by atoms with Gasteiger partial charge in [-0.1, -0.05) is 18.2 Å². The number of para-hydroxylation sites is 1. The largest absolute Gasteiger partial charge is 0.305 e. The van der Waals surface area contributed by atoms with Gasteiger partial charge in [0.15, 0.2) is 5.69 Å². The molecule has 25 heavy (non-hydrogen) atoms. The van der Waals surface area contributed by atoms with E-state index >= 15 is 0 Å². The first-order chi connectivity index (χ1) is 12.1. The topological polar surface area (TPSA) is 59.8 Å². The number of fused-ring (bicyclic) bond motifs is 1. The maximum Gasteiger partial charge on any atom is 0.277 e. The number of carbonyl (C=O) groups is 1. The van der Waals surface area contributed by atoms with Gasteiger partial charge < -0.3 is 5.32 Å². The van der Waals surface area contributed by atoms with Crippen LogP contribution in [0.2, 0.25) is 0 Å². The molecule has 1 aliphatic rings. The fourth-order valence-corrected chi connectivity index (χ4v) is 3.16. The second kappa shape index (κ2) is 6.12. The van der Waals surface area contributed by atoms with Crippen LogP contribution in [0, 0.1) is 12.7 Å². The monoisotopic (exact) mass is 336 g/mol. The van der Waals surface area contributed by atoms with Crippen LogP contribution >= 0.6 is 0 Å². The number of aryl methyl sites for hydroxylation is 1. The number of halogens is 1. The molecule has 126 valence electrons. The van der Waals surface area contributed by atoms with Crippen LogP contribution < -0.4 is 5.32 Å². The molecule has 0 radical (unpaired) electrons. The molecule has 0 aliphatic heterocycles. The number of aromatic nitrogens is 3. The van der Waals surface area contributed by atoms with Gasteiger partial charge in [0.25, 0.3) is 5.91 Å². The first-order valence-corrected chi connectivity index (χ1v) is 8.23. The van der Waals surface area contributed by atoms with Crippen LogP contribution in [0.1, 0.15) is 33.7 Å². The molecular formula is C19H17FN4O. The summed E-state index contributed by atoms with van der Waals surface area (Å²) in [5, 5.41) is 7.19. The van der Waals surface area contributed by atoms with E-state index in [0.29, 0.717) is 17.2 Å². The second-order valence-corrected chi connectivity index (χ2v) is 6.17. The van der Waals surface area contributed by atoms with Gasteiger partial charge in [-0.05, 0) is 49.9 Å². The zero-order chi connectivity index (χ0) is 17.4. The number of benzene rings is 1. The summed E-state index contributed by atoms with van der Waals surface area (Å²) in [5.74, 6) is -0.195. The van der Waals surface area contributed by atoms with E-state index in [-0.39, 0.29) is 11.7 Å². The number of hydrogen-bond acceptors (Lipinski definition) is 3. The van der Waals surface area contributed by atoms with E-state index in [2.05, 4.69) is 15.4 Å². The quantitative estimate of drug-likeness (QED) is 0.797. The molecule has 1 aromatic carbocycles. The lowest BCUT2D eigenvalue weighted by atomic mass is 10.2. The summed E-state index contributed by atoms with van der Waals surface area (Å²) in [7, 11) is 0. The first kappa shape index (κ1) is 15.5. The van der Waals surface area contributed by atoms with E-state index in [4.69, 9.17) is 0 Å².